The topological polar surface area (TPSA) is 38.4 Å². The fourth-order valence-electron chi connectivity index (χ4n) is 0.999. The first kappa shape index (κ1) is 14.9. The van der Waals surface area contributed by atoms with Crippen LogP contribution in [0.5, 0.6) is 0 Å². The molecule has 0 saturated heterocycles. The van der Waals surface area contributed by atoms with Gasteiger partial charge in [-0.15, -0.1) is 0 Å². The highest BCUT2D eigenvalue weighted by atomic mass is 14.9. The Morgan fingerprint density at radius 3 is 1.81 bits per heavy atom. The van der Waals surface area contributed by atoms with Crippen LogP contribution in [0.3, 0.4) is 0 Å². The third-order valence-corrected chi connectivity index (χ3v) is 2.32. The Hall–Kier alpha value is -1.05. The van der Waals surface area contributed by atoms with Crippen molar-refractivity contribution >= 4 is 5.84 Å². The minimum absolute atomic E-state index is 0.0740. The van der Waals surface area contributed by atoms with Crippen LogP contribution in [0, 0.1) is 10.8 Å². The number of rotatable bonds is 2. The molecular weight excluding hydrogens is 196 g/mol. The van der Waals surface area contributed by atoms with E-state index in [-0.39, 0.29) is 10.8 Å². The van der Waals surface area contributed by atoms with E-state index in [4.69, 9.17) is 5.73 Å². The van der Waals surface area contributed by atoms with E-state index in [0.29, 0.717) is 5.84 Å². The third-order valence-electron chi connectivity index (χ3n) is 2.32. The highest BCUT2D eigenvalue weighted by Gasteiger charge is 2.16. The van der Waals surface area contributed by atoms with Crippen molar-refractivity contribution in [1.82, 2.24) is 0 Å². The van der Waals surface area contributed by atoms with Gasteiger partial charge in [-0.05, 0) is 17.9 Å². The fraction of sp³-hybridized carbons (Fsp3) is 0.643. The fourth-order valence-corrected chi connectivity index (χ4v) is 0.999. The zero-order chi connectivity index (χ0) is 13.0. The van der Waals surface area contributed by atoms with Crippen molar-refractivity contribution in [3.05, 3.63) is 23.9 Å². The molecule has 0 bridgehead atoms. The SMILES string of the molecule is C/C=C\C(=C/N=C(N)C(C)(C)C)C(C)(C)C. The molecule has 0 atom stereocenters. The first-order valence-corrected chi connectivity index (χ1v) is 5.76. The Balaban J connectivity index is 5.13. The van der Waals surface area contributed by atoms with Crippen LogP contribution in [0.2, 0.25) is 0 Å². The van der Waals surface area contributed by atoms with Crippen molar-refractivity contribution in [1.29, 1.82) is 0 Å². The first-order chi connectivity index (χ1) is 7.09. The van der Waals surface area contributed by atoms with E-state index in [9.17, 15) is 0 Å². The Labute approximate surface area is 100 Å². The molecule has 0 aliphatic rings. The molecule has 0 rings (SSSR count). The summed E-state index contributed by atoms with van der Waals surface area (Å²) in [6.45, 7) is 14.7. The number of hydrogen-bond acceptors (Lipinski definition) is 1. The standard InChI is InChI=1S/C14H26N2/c1-8-9-11(13(2,3)4)10-16-12(15)14(5,6)7/h8-10H,1-7H3,(H2,15,16)/b9-8-,11-10+. The van der Waals surface area contributed by atoms with Gasteiger partial charge in [0.05, 0.1) is 0 Å². The second-order valence-electron chi connectivity index (χ2n) is 6.10. The van der Waals surface area contributed by atoms with E-state index in [0.717, 1.165) is 0 Å². The van der Waals surface area contributed by atoms with Gasteiger partial charge in [0.15, 0.2) is 0 Å². The molecular formula is C14H26N2. The van der Waals surface area contributed by atoms with E-state index < -0.39 is 0 Å². The molecule has 0 aliphatic heterocycles. The Kier molecular flexibility index (Phi) is 4.98. The van der Waals surface area contributed by atoms with Crippen molar-refractivity contribution in [2.45, 2.75) is 48.5 Å². The molecule has 16 heavy (non-hydrogen) atoms. The molecule has 2 heteroatoms. The number of hydrogen-bond donors (Lipinski definition) is 1. The molecule has 0 radical (unpaired) electrons. The summed E-state index contributed by atoms with van der Waals surface area (Å²) in [6.07, 6.45) is 5.99. The summed E-state index contributed by atoms with van der Waals surface area (Å²) in [4.78, 5) is 4.36. The van der Waals surface area contributed by atoms with Gasteiger partial charge in [-0.25, -0.2) is 4.99 Å². The van der Waals surface area contributed by atoms with Gasteiger partial charge in [0, 0.05) is 11.6 Å². The van der Waals surface area contributed by atoms with Crippen LogP contribution in [0.25, 0.3) is 0 Å². The van der Waals surface area contributed by atoms with Crippen LogP contribution in [0.15, 0.2) is 28.9 Å². The minimum Gasteiger partial charge on any atom is -0.387 e. The van der Waals surface area contributed by atoms with Crippen LogP contribution in [0.4, 0.5) is 0 Å². The molecule has 2 N–H and O–H groups in total. The molecule has 0 spiro atoms. The van der Waals surface area contributed by atoms with E-state index >= 15 is 0 Å². The van der Waals surface area contributed by atoms with Crippen LogP contribution >= 0.6 is 0 Å². The number of amidine groups is 1. The maximum absolute atomic E-state index is 5.92. The molecule has 0 heterocycles. The molecule has 0 saturated carbocycles. The zero-order valence-corrected chi connectivity index (χ0v) is 11.8. The van der Waals surface area contributed by atoms with Crippen LogP contribution in [-0.4, -0.2) is 5.84 Å². The lowest BCUT2D eigenvalue weighted by Gasteiger charge is -2.20. The van der Waals surface area contributed by atoms with Crippen molar-refractivity contribution in [3.63, 3.8) is 0 Å². The lowest BCUT2D eigenvalue weighted by atomic mass is 9.87. The zero-order valence-electron chi connectivity index (χ0n) is 11.8. The van der Waals surface area contributed by atoms with Crippen molar-refractivity contribution in [2.24, 2.45) is 21.6 Å². The highest BCUT2D eigenvalue weighted by molar-refractivity contribution is 5.85. The maximum atomic E-state index is 5.92. The van der Waals surface area contributed by atoms with Gasteiger partial charge < -0.3 is 5.73 Å². The number of nitrogens with zero attached hydrogens (tertiary/aromatic N) is 1. The molecule has 0 fully saturated rings. The quantitative estimate of drug-likeness (QED) is 0.429. The monoisotopic (exact) mass is 222 g/mol. The van der Waals surface area contributed by atoms with E-state index in [1.54, 1.807) is 0 Å². The average molecular weight is 222 g/mol. The van der Waals surface area contributed by atoms with Gasteiger partial charge in [-0.1, -0.05) is 53.7 Å². The number of allylic oxidation sites excluding steroid dienone is 3. The van der Waals surface area contributed by atoms with Crippen molar-refractivity contribution in [3.8, 4) is 0 Å². The second-order valence-corrected chi connectivity index (χ2v) is 6.10. The second kappa shape index (κ2) is 5.33. The maximum Gasteiger partial charge on any atom is 0.104 e. The lowest BCUT2D eigenvalue weighted by Crippen LogP contribution is -2.28. The number of nitrogens with two attached hydrogens (primary N) is 1. The number of aliphatic imine (C=N–C) groups is 1. The summed E-state index contributed by atoms with van der Waals surface area (Å²) in [5.41, 5.74) is 7.12. The molecule has 0 aromatic rings. The smallest absolute Gasteiger partial charge is 0.104 e. The summed E-state index contributed by atoms with van der Waals surface area (Å²) >= 11 is 0. The molecule has 92 valence electrons. The lowest BCUT2D eigenvalue weighted by molar-refractivity contribution is 0.515. The summed E-state index contributed by atoms with van der Waals surface area (Å²) < 4.78 is 0. The largest absolute Gasteiger partial charge is 0.387 e. The molecule has 0 aliphatic carbocycles. The summed E-state index contributed by atoms with van der Waals surface area (Å²) in [5.74, 6) is 0.666. The van der Waals surface area contributed by atoms with Gasteiger partial charge in [-0.3, -0.25) is 0 Å². The van der Waals surface area contributed by atoms with Gasteiger partial charge in [0.2, 0.25) is 0 Å². The van der Waals surface area contributed by atoms with Crippen LogP contribution in [0.1, 0.15) is 48.5 Å². The van der Waals surface area contributed by atoms with Gasteiger partial charge >= 0.3 is 0 Å². The van der Waals surface area contributed by atoms with Crippen molar-refractivity contribution in [2.75, 3.05) is 0 Å². The van der Waals surface area contributed by atoms with E-state index in [1.807, 2.05) is 19.2 Å². The predicted molar refractivity (Wildman–Crippen MR) is 73.4 cm³/mol. The Morgan fingerprint density at radius 2 is 1.50 bits per heavy atom. The van der Waals surface area contributed by atoms with Crippen LogP contribution in [-0.2, 0) is 0 Å². The molecule has 0 aromatic carbocycles. The molecule has 0 aromatic heterocycles. The summed E-state index contributed by atoms with van der Waals surface area (Å²) in [5, 5.41) is 0. The third kappa shape index (κ3) is 5.15. The van der Waals surface area contributed by atoms with E-state index in [1.165, 1.54) is 5.57 Å². The highest BCUT2D eigenvalue weighted by Crippen LogP contribution is 2.26. The van der Waals surface area contributed by atoms with Gasteiger partial charge in [-0.2, -0.15) is 0 Å². The van der Waals surface area contributed by atoms with Gasteiger partial charge in [0.25, 0.3) is 0 Å². The van der Waals surface area contributed by atoms with Gasteiger partial charge in [0.1, 0.15) is 5.84 Å². The summed E-state index contributed by atoms with van der Waals surface area (Å²) in [7, 11) is 0. The molecule has 0 unspecified atom stereocenters. The molecule has 2 nitrogen and oxygen atoms in total. The summed E-state index contributed by atoms with van der Waals surface area (Å²) in [6, 6.07) is 0. The van der Waals surface area contributed by atoms with Crippen molar-refractivity contribution < 1.29 is 0 Å². The predicted octanol–water partition coefficient (Wildman–Crippen LogP) is 3.90. The average Bonchev–Trinajstić information content (AvgIpc) is 2.07. The first-order valence-electron chi connectivity index (χ1n) is 5.76. The minimum atomic E-state index is -0.0740. The Morgan fingerprint density at radius 1 is 1.00 bits per heavy atom. The van der Waals surface area contributed by atoms with E-state index in [2.05, 4.69) is 52.6 Å². The molecule has 0 amide bonds. The normalized spacial score (nSPS) is 15.9. The van der Waals surface area contributed by atoms with Crippen LogP contribution < -0.4 is 5.73 Å². The Bertz CT molecular complexity index is 307.